The van der Waals surface area contributed by atoms with Crippen LogP contribution in [0.25, 0.3) is 0 Å². The highest BCUT2D eigenvalue weighted by atomic mass is 35.5. The molecule has 0 aromatic carbocycles. The molecule has 82 valence electrons. The molecule has 0 radical (unpaired) electrons. The van der Waals surface area contributed by atoms with E-state index in [1.807, 2.05) is 0 Å². The van der Waals surface area contributed by atoms with Gasteiger partial charge in [-0.15, -0.1) is 0 Å². The van der Waals surface area contributed by atoms with Crippen molar-refractivity contribution in [3.8, 4) is 0 Å². The van der Waals surface area contributed by atoms with Crippen LogP contribution in [0.1, 0.15) is 25.7 Å². The highest BCUT2D eigenvalue weighted by molar-refractivity contribution is 6.31. The van der Waals surface area contributed by atoms with Gasteiger partial charge in [0.2, 0.25) is 16.5 Å². The van der Waals surface area contributed by atoms with Crippen LogP contribution in [-0.4, -0.2) is 21.5 Å². The predicted molar refractivity (Wildman–Crippen MR) is 60.3 cm³/mol. The van der Waals surface area contributed by atoms with Gasteiger partial charge < -0.3 is 5.32 Å². The highest BCUT2D eigenvalue weighted by Crippen LogP contribution is 2.33. The van der Waals surface area contributed by atoms with Gasteiger partial charge in [-0.2, -0.15) is 15.0 Å². The summed E-state index contributed by atoms with van der Waals surface area (Å²) in [6, 6.07) is 0. The van der Waals surface area contributed by atoms with Crippen molar-refractivity contribution in [2.45, 2.75) is 25.7 Å². The molecule has 0 bridgehead atoms. The van der Waals surface area contributed by atoms with Gasteiger partial charge in [-0.1, -0.05) is 12.8 Å². The van der Waals surface area contributed by atoms with Gasteiger partial charge in [-0.25, -0.2) is 0 Å². The third-order valence-electron chi connectivity index (χ3n) is 2.35. The Kier molecular flexibility index (Phi) is 3.59. The molecule has 4 nitrogen and oxygen atoms in total. The molecule has 2 rings (SSSR count). The summed E-state index contributed by atoms with van der Waals surface area (Å²) in [6.45, 7) is 0.854. The summed E-state index contributed by atoms with van der Waals surface area (Å²) < 4.78 is 0. The molecule has 0 unspecified atom stereocenters. The normalized spacial score (nSPS) is 15.3. The number of rotatable bonds is 5. The second-order valence-electron chi connectivity index (χ2n) is 3.71. The summed E-state index contributed by atoms with van der Waals surface area (Å²) in [4.78, 5) is 11.5. The van der Waals surface area contributed by atoms with Crippen molar-refractivity contribution in [3.63, 3.8) is 0 Å². The van der Waals surface area contributed by atoms with Crippen molar-refractivity contribution in [2.24, 2.45) is 5.92 Å². The first-order chi connectivity index (χ1) is 7.24. The number of nitrogens with zero attached hydrogens (tertiary/aromatic N) is 3. The van der Waals surface area contributed by atoms with E-state index < -0.39 is 0 Å². The van der Waals surface area contributed by atoms with Gasteiger partial charge in [0, 0.05) is 6.54 Å². The van der Waals surface area contributed by atoms with Crippen molar-refractivity contribution in [1.82, 2.24) is 15.0 Å². The quantitative estimate of drug-likeness (QED) is 0.813. The fourth-order valence-electron chi connectivity index (χ4n) is 1.40. The van der Waals surface area contributed by atoms with Gasteiger partial charge in [0.25, 0.3) is 0 Å². The van der Waals surface area contributed by atoms with E-state index in [-0.39, 0.29) is 10.6 Å². The minimum absolute atomic E-state index is 0.125. The number of nitrogens with one attached hydrogen (secondary N) is 1. The monoisotopic (exact) mass is 246 g/mol. The maximum absolute atomic E-state index is 5.64. The largest absolute Gasteiger partial charge is 0.354 e. The van der Waals surface area contributed by atoms with E-state index in [1.165, 1.54) is 19.3 Å². The maximum Gasteiger partial charge on any atom is 0.228 e. The Morgan fingerprint density at radius 1 is 1.13 bits per heavy atom. The standard InChI is InChI=1S/C9H12Cl2N4/c10-7-13-8(11)15-9(14-7)12-5-1-2-6-3-4-6/h6H,1-5H2,(H,12,13,14,15). The molecule has 1 aromatic heterocycles. The fraction of sp³-hybridized carbons (Fsp3) is 0.667. The van der Waals surface area contributed by atoms with Crippen LogP contribution in [0.4, 0.5) is 5.95 Å². The number of hydrogen-bond donors (Lipinski definition) is 1. The summed E-state index contributed by atoms with van der Waals surface area (Å²) in [6.07, 6.45) is 5.19. The Hall–Kier alpha value is -0.610. The molecule has 15 heavy (non-hydrogen) atoms. The highest BCUT2D eigenvalue weighted by Gasteiger charge is 2.19. The second kappa shape index (κ2) is 4.94. The maximum atomic E-state index is 5.64. The summed E-state index contributed by atoms with van der Waals surface area (Å²) >= 11 is 11.3. The summed E-state index contributed by atoms with van der Waals surface area (Å²) in [5.41, 5.74) is 0. The Morgan fingerprint density at radius 2 is 1.80 bits per heavy atom. The molecule has 1 aromatic rings. The molecule has 0 spiro atoms. The molecule has 0 saturated heterocycles. The van der Waals surface area contributed by atoms with Crippen LogP contribution in [-0.2, 0) is 0 Å². The number of halogens is 2. The minimum Gasteiger partial charge on any atom is -0.354 e. The molecule has 1 fully saturated rings. The van der Waals surface area contributed by atoms with Gasteiger partial charge in [-0.05, 0) is 42.0 Å². The molecular formula is C9H12Cl2N4. The zero-order chi connectivity index (χ0) is 10.7. The Labute approximate surface area is 98.4 Å². The topological polar surface area (TPSA) is 50.7 Å². The van der Waals surface area contributed by atoms with Crippen LogP contribution < -0.4 is 5.32 Å². The Bertz CT molecular complexity index is 321. The van der Waals surface area contributed by atoms with Crippen LogP contribution in [0, 0.1) is 5.92 Å². The van der Waals surface area contributed by atoms with Crippen LogP contribution in [0.2, 0.25) is 10.6 Å². The molecule has 0 atom stereocenters. The summed E-state index contributed by atoms with van der Waals surface area (Å²) in [5, 5.41) is 3.33. The lowest BCUT2D eigenvalue weighted by Gasteiger charge is -2.03. The van der Waals surface area contributed by atoms with E-state index in [0.717, 1.165) is 18.9 Å². The lowest BCUT2D eigenvalue weighted by molar-refractivity contribution is 0.685. The molecule has 1 aliphatic carbocycles. The van der Waals surface area contributed by atoms with Crippen molar-refractivity contribution in [1.29, 1.82) is 0 Å². The van der Waals surface area contributed by atoms with Crippen LogP contribution in [0.15, 0.2) is 0 Å². The predicted octanol–water partition coefficient (Wildman–Crippen LogP) is 2.78. The lowest BCUT2D eigenvalue weighted by atomic mass is 10.2. The molecular weight excluding hydrogens is 235 g/mol. The molecule has 1 aliphatic rings. The van der Waals surface area contributed by atoms with Gasteiger partial charge in [-0.3, -0.25) is 0 Å². The first-order valence-electron chi connectivity index (χ1n) is 5.05. The van der Waals surface area contributed by atoms with E-state index >= 15 is 0 Å². The molecule has 0 amide bonds. The van der Waals surface area contributed by atoms with E-state index in [2.05, 4.69) is 20.3 Å². The van der Waals surface area contributed by atoms with Crippen LogP contribution >= 0.6 is 23.2 Å². The van der Waals surface area contributed by atoms with Gasteiger partial charge in [0.1, 0.15) is 0 Å². The van der Waals surface area contributed by atoms with Gasteiger partial charge in [0.05, 0.1) is 0 Å². The van der Waals surface area contributed by atoms with Crippen molar-refractivity contribution < 1.29 is 0 Å². The first-order valence-corrected chi connectivity index (χ1v) is 5.80. The average molecular weight is 247 g/mol. The van der Waals surface area contributed by atoms with Crippen molar-refractivity contribution in [2.75, 3.05) is 11.9 Å². The summed E-state index contributed by atoms with van der Waals surface area (Å²) in [5.74, 6) is 1.41. The van der Waals surface area contributed by atoms with Crippen LogP contribution in [0.5, 0.6) is 0 Å². The fourth-order valence-corrected chi connectivity index (χ4v) is 1.77. The number of anilines is 1. The molecule has 6 heteroatoms. The van der Waals surface area contributed by atoms with E-state index in [0.29, 0.717) is 5.95 Å². The molecule has 1 N–H and O–H groups in total. The second-order valence-corrected chi connectivity index (χ2v) is 4.39. The first kappa shape index (κ1) is 10.9. The smallest absolute Gasteiger partial charge is 0.228 e. The van der Waals surface area contributed by atoms with Gasteiger partial charge >= 0.3 is 0 Å². The molecule has 1 saturated carbocycles. The lowest BCUT2D eigenvalue weighted by Crippen LogP contribution is -2.06. The Balaban J connectivity index is 1.76. The zero-order valence-corrected chi connectivity index (χ0v) is 9.72. The SMILES string of the molecule is Clc1nc(Cl)nc(NCCCC2CC2)n1. The van der Waals surface area contributed by atoms with E-state index in [9.17, 15) is 0 Å². The third kappa shape index (κ3) is 3.80. The Morgan fingerprint density at radius 3 is 2.40 bits per heavy atom. The molecule has 1 heterocycles. The third-order valence-corrected chi connectivity index (χ3v) is 2.69. The van der Waals surface area contributed by atoms with Crippen molar-refractivity contribution >= 4 is 29.2 Å². The van der Waals surface area contributed by atoms with E-state index in [1.54, 1.807) is 0 Å². The average Bonchev–Trinajstić information content (AvgIpc) is 2.94. The molecule has 0 aliphatic heterocycles. The minimum atomic E-state index is 0.125. The summed E-state index contributed by atoms with van der Waals surface area (Å²) in [7, 11) is 0. The number of aromatic nitrogens is 3. The number of hydrogen-bond acceptors (Lipinski definition) is 4. The van der Waals surface area contributed by atoms with Gasteiger partial charge in [0.15, 0.2) is 0 Å². The van der Waals surface area contributed by atoms with Crippen molar-refractivity contribution in [3.05, 3.63) is 10.6 Å². The van der Waals surface area contributed by atoms with E-state index in [4.69, 9.17) is 23.2 Å². The zero-order valence-electron chi connectivity index (χ0n) is 8.21. The van der Waals surface area contributed by atoms with Crippen LogP contribution in [0.3, 0.4) is 0 Å².